The Morgan fingerprint density at radius 3 is 2.88 bits per heavy atom. The summed E-state index contributed by atoms with van der Waals surface area (Å²) in [7, 11) is 0. The maximum absolute atomic E-state index is 11.6. The largest absolute Gasteiger partial charge is 0.458 e. The first-order valence-corrected chi connectivity index (χ1v) is 7.68. The van der Waals surface area contributed by atoms with Crippen LogP contribution in [0.4, 0.5) is 0 Å². The Morgan fingerprint density at radius 2 is 2.29 bits per heavy atom. The Balaban J connectivity index is 2.40. The van der Waals surface area contributed by atoms with E-state index in [9.17, 15) is 4.79 Å². The molecule has 0 aromatic rings. The molecule has 17 heavy (non-hydrogen) atoms. The molecule has 1 aliphatic rings. The lowest BCUT2D eigenvalue weighted by Crippen LogP contribution is -2.28. The fourth-order valence-electron chi connectivity index (χ4n) is 2.47. The monoisotopic (exact) mass is 256 g/mol. The van der Waals surface area contributed by atoms with E-state index in [1.165, 1.54) is 5.57 Å². The lowest BCUT2D eigenvalue weighted by Gasteiger charge is -2.33. The second-order valence-corrected chi connectivity index (χ2v) is 6.67. The predicted octanol–water partition coefficient (Wildman–Crippen LogP) is 3.81. The van der Waals surface area contributed by atoms with Gasteiger partial charge in [0, 0.05) is 6.42 Å². The number of allylic oxidation sites excluding steroid dienone is 1. The zero-order valence-electron chi connectivity index (χ0n) is 11.4. The molecule has 2 nitrogen and oxygen atoms in total. The van der Waals surface area contributed by atoms with Crippen molar-refractivity contribution in [3.63, 3.8) is 0 Å². The summed E-state index contributed by atoms with van der Waals surface area (Å²) in [6.07, 6.45) is 7.66. The van der Waals surface area contributed by atoms with Gasteiger partial charge in [-0.2, -0.15) is 11.8 Å². The third-order valence-corrected chi connectivity index (χ3v) is 3.69. The summed E-state index contributed by atoms with van der Waals surface area (Å²) < 4.78 is 5.52. The number of rotatable bonds is 5. The molecule has 0 aliphatic heterocycles. The number of hydrogen-bond acceptors (Lipinski definition) is 3. The van der Waals surface area contributed by atoms with Gasteiger partial charge in [-0.15, -0.1) is 0 Å². The molecule has 1 atom stereocenters. The molecule has 0 aromatic carbocycles. The van der Waals surface area contributed by atoms with Crippen LogP contribution in [0.15, 0.2) is 11.6 Å². The first kappa shape index (κ1) is 14.6. The summed E-state index contributed by atoms with van der Waals surface area (Å²) >= 11 is 1.77. The van der Waals surface area contributed by atoms with Crippen LogP contribution in [0.5, 0.6) is 0 Å². The van der Waals surface area contributed by atoms with Crippen LogP contribution in [0.2, 0.25) is 0 Å². The first-order valence-electron chi connectivity index (χ1n) is 6.29. The molecule has 0 amide bonds. The minimum atomic E-state index is -0.0502. The minimum Gasteiger partial charge on any atom is -0.458 e. The highest BCUT2D eigenvalue weighted by atomic mass is 32.2. The smallest absolute Gasteiger partial charge is 0.306 e. The Labute approximate surface area is 109 Å². The highest BCUT2D eigenvalue weighted by Crippen LogP contribution is 2.36. The van der Waals surface area contributed by atoms with Crippen LogP contribution in [0.3, 0.4) is 0 Å². The molecule has 0 N–H and O–H groups in total. The van der Waals surface area contributed by atoms with E-state index in [1.54, 1.807) is 11.8 Å². The highest BCUT2D eigenvalue weighted by Gasteiger charge is 2.29. The van der Waals surface area contributed by atoms with Crippen LogP contribution >= 0.6 is 11.8 Å². The van der Waals surface area contributed by atoms with Crippen LogP contribution in [-0.4, -0.2) is 24.1 Å². The average molecular weight is 256 g/mol. The SMILES string of the molecule is CSCCCC(=O)OC1C=C(C)CC(C)(C)C1. The number of carbonyl (C=O) groups is 1. The van der Waals surface area contributed by atoms with E-state index in [-0.39, 0.29) is 17.5 Å². The Hall–Kier alpha value is -0.440. The van der Waals surface area contributed by atoms with Crippen molar-refractivity contribution in [2.45, 2.75) is 52.6 Å². The Morgan fingerprint density at radius 1 is 1.59 bits per heavy atom. The van der Waals surface area contributed by atoms with Crippen molar-refractivity contribution < 1.29 is 9.53 Å². The normalized spacial score (nSPS) is 23.1. The van der Waals surface area contributed by atoms with E-state index in [1.807, 2.05) is 0 Å². The molecule has 0 radical (unpaired) electrons. The lowest BCUT2D eigenvalue weighted by molar-refractivity contribution is -0.148. The van der Waals surface area contributed by atoms with Crippen LogP contribution in [0, 0.1) is 5.41 Å². The van der Waals surface area contributed by atoms with Crippen molar-refractivity contribution in [2.24, 2.45) is 5.41 Å². The molecule has 3 heteroatoms. The Kier molecular flexibility index (Phi) is 5.57. The van der Waals surface area contributed by atoms with E-state index < -0.39 is 0 Å². The van der Waals surface area contributed by atoms with E-state index in [4.69, 9.17) is 4.74 Å². The number of carbonyl (C=O) groups excluding carboxylic acids is 1. The molecule has 1 aliphatic carbocycles. The summed E-state index contributed by atoms with van der Waals surface area (Å²) in [6.45, 7) is 6.59. The molecule has 98 valence electrons. The topological polar surface area (TPSA) is 26.3 Å². The van der Waals surface area contributed by atoms with Crippen molar-refractivity contribution in [1.82, 2.24) is 0 Å². The summed E-state index contributed by atoms with van der Waals surface area (Å²) in [6, 6.07) is 0. The molecule has 1 unspecified atom stereocenters. The zero-order valence-corrected chi connectivity index (χ0v) is 12.2. The third-order valence-electron chi connectivity index (χ3n) is 2.99. The van der Waals surface area contributed by atoms with Gasteiger partial charge in [-0.1, -0.05) is 19.4 Å². The van der Waals surface area contributed by atoms with Crippen molar-refractivity contribution in [2.75, 3.05) is 12.0 Å². The molecular weight excluding hydrogens is 232 g/mol. The van der Waals surface area contributed by atoms with Gasteiger partial charge in [0.05, 0.1) is 0 Å². The maximum atomic E-state index is 11.6. The molecule has 0 fully saturated rings. The summed E-state index contributed by atoms with van der Waals surface area (Å²) in [5.41, 5.74) is 1.59. The van der Waals surface area contributed by atoms with Crippen LogP contribution in [0.25, 0.3) is 0 Å². The molecule has 1 rings (SSSR count). The molecule has 0 saturated carbocycles. The summed E-state index contributed by atoms with van der Waals surface area (Å²) in [5, 5.41) is 0. The molecule has 0 bridgehead atoms. The second-order valence-electron chi connectivity index (χ2n) is 5.68. The first-order chi connectivity index (χ1) is 7.93. The van der Waals surface area contributed by atoms with Gasteiger partial charge in [0.1, 0.15) is 6.10 Å². The van der Waals surface area contributed by atoms with Crippen molar-refractivity contribution in [3.8, 4) is 0 Å². The van der Waals surface area contributed by atoms with Gasteiger partial charge in [0.2, 0.25) is 0 Å². The van der Waals surface area contributed by atoms with Gasteiger partial charge in [-0.05, 0) is 49.7 Å². The van der Waals surface area contributed by atoms with E-state index >= 15 is 0 Å². The summed E-state index contributed by atoms with van der Waals surface area (Å²) in [4.78, 5) is 11.6. The van der Waals surface area contributed by atoms with Crippen molar-refractivity contribution >= 4 is 17.7 Å². The van der Waals surface area contributed by atoms with Gasteiger partial charge in [0.25, 0.3) is 0 Å². The number of thioether (sulfide) groups is 1. The number of ether oxygens (including phenoxy) is 1. The zero-order chi connectivity index (χ0) is 12.9. The van der Waals surface area contributed by atoms with Crippen molar-refractivity contribution in [1.29, 1.82) is 0 Å². The van der Waals surface area contributed by atoms with Gasteiger partial charge in [-0.3, -0.25) is 4.79 Å². The molecule has 0 heterocycles. The second kappa shape index (κ2) is 6.48. The van der Waals surface area contributed by atoms with Crippen LogP contribution in [0.1, 0.15) is 46.5 Å². The van der Waals surface area contributed by atoms with E-state index in [0.29, 0.717) is 6.42 Å². The van der Waals surface area contributed by atoms with Crippen molar-refractivity contribution in [3.05, 3.63) is 11.6 Å². The average Bonchev–Trinajstić information content (AvgIpc) is 2.14. The fraction of sp³-hybridized carbons (Fsp3) is 0.786. The molecule has 0 spiro atoms. The standard InChI is InChI=1S/C14H24O2S/c1-11-8-12(10-14(2,3)9-11)16-13(15)6-5-7-17-4/h8,12H,5-7,9-10H2,1-4H3. The molecule has 0 aromatic heterocycles. The summed E-state index contributed by atoms with van der Waals surface area (Å²) in [5.74, 6) is 0.978. The lowest BCUT2D eigenvalue weighted by atomic mass is 9.76. The fourth-order valence-corrected chi connectivity index (χ4v) is 2.90. The maximum Gasteiger partial charge on any atom is 0.306 e. The third kappa shape index (κ3) is 5.62. The van der Waals surface area contributed by atoms with Gasteiger partial charge < -0.3 is 4.74 Å². The predicted molar refractivity (Wildman–Crippen MR) is 74.3 cm³/mol. The Bertz CT molecular complexity index is 295. The van der Waals surface area contributed by atoms with Gasteiger partial charge >= 0.3 is 5.97 Å². The minimum absolute atomic E-state index is 0.0134. The number of hydrogen-bond donors (Lipinski definition) is 0. The molecule has 0 saturated heterocycles. The van der Waals surface area contributed by atoms with Gasteiger partial charge in [-0.25, -0.2) is 0 Å². The van der Waals surface area contributed by atoms with Gasteiger partial charge in [0.15, 0.2) is 0 Å². The molecular formula is C14H24O2S. The van der Waals surface area contributed by atoms with E-state index in [0.717, 1.165) is 25.0 Å². The van der Waals surface area contributed by atoms with Crippen LogP contribution in [-0.2, 0) is 9.53 Å². The number of esters is 1. The highest BCUT2D eigenvalue weighted by molar-refractivity contribution is 7.98. The quantitative estimate of drug-likeness (QED) is 0.425. The van der Waals surface area contributed by atoms with Crippen LogP contribution < -0.4 is 0 Å². The van der Waals surface area contributed by atoms with E-state index in [2.05, 4.69) is 33.1 Å².